The SMILES string of the molecule is CC1CCC(n2c(=O)[nH][nH]c2=S)C1. The third-order valence-corrected chi connectivity index (χ3v) is 3.05. The van der Waals surface area contributed by atoms with E-state index < -0.39 is 0 Å². The number of hydrogen-bond acceptors (Lipinski definition) is 2. The van der Waals surface area contributed by atoms with Gasteiger partial charge in [0.05, 0.1) is 0 Å². The molecule has 1 saturated carbocycles. The quantitative estimate of drug-likeness (QED) is 0.675. The van der Waals surface area contributed by atoms with Gasteiger partial charge < -0.3 is 0 Å². The summed E-state index contributed by atoms with van der Waals surface area (Å²) in [4.78, 5) is 11.3. The second kappa shape index (κ2) is 3.14. The normalized spacial score (nSPS) is 28.1. The number of nitrogens with one attached hydrogen (secondary N) is 2. The largest absolute Gasteiger partial charge is 0.342 e. The summed E-state index contributed by atoms with van der Waals surface area (Å²) in [5.41, 5.74) is -0.107. The Morgan fingerprint density at radius 3 is 2.69 bits per heavy atom. The Morgan fingerprint density at radius 1 is 1.46 bits per heavy atom. The highest BCUT2D eigenvalue weighted by molar-refractivity contribution is 7.71. The monoisotopic (exact) mass is 199 g/mol. The summed E-state index contributed by atoms with van der Waals surface area (Å²) in [5, 5.41) is 5.18. The second-order valence-electron chi connectivity index (χ2n) is 3.80. The molecule has 1 aliphatic rings. The van der Waals surface area contributed by atoms with Crippen molar-refractivity contribution in [1.82, 2.24) is 14.8 Å². The molecule has 1 aromatic rings. The van der Waals surface area contributed by atoms with Crippen LogP contribution < -0.4 is 5.69 Å². The Balaban J connectivity index is 2.36. The molecule has 2 N–H and O–H groups in total. The zero-order valence-electron chi connectivity index (χ0n) is 7.54. The molecule has 0 saturated heterocycles. The first-order chi connectivity index (χ1) is 6.18. The first kappa shape index (κ1) is 8.74. The fourth-order valence-corrected chi connectivity index (χ4v) is 2.35. The molecule has 0 amide bonds. The minimum absolute atomic E-state index is 0.107. The molecule has 0 spiro atoms. The summed E-state index contributed by atoms with van der Waals surface area (Å²) < 4.78 is 2.18. The number of aromatic amines is 2. The average molecular weight is 199 g/mol. The average Bonchev–Trinajstić information content (AvgIpc) is 2.60. The maximum Gasteiger partial charge on any atom is 0.342 e. The summed E-state index contributed by atoms with van der Waals surface area (Å²) in [5.74, 6) is 0.709. The van der Waals surface area contributed by atoms with Gasteiger partial charge in [0.2, 0.25) is 0 Å². The lowest BCUT2D eigenvalue weighted by Gasteiger charge is -2.08. The summed E-state index contributed by atoms with van der Waals surface area (Å²) in [7, 11) is 0. The van der Waals surface area contributed by atoms with Gasteiger partial charge in [-0.3, -0.25) is 9.67 Å². The highest BCUT2D eigenvalue weighted by Gasteiger charge is 2.24. The number of hydrogen-bond donors (Lipinski definition) is 2. The zero-order valence-corrected chi connectivity index (χ0v) is 8.36. The summed E-state index contributed by atoms with van der Waals surface area (Å²) in [6, 6.07) is 0.303. The summed E-state index contributed by atoms with van der Waals surface area (Å²) >= 11 is 5.02. The van der Waals surface area contributed by atoms with Crippen molar-refractivity contribution in [2.24, 2.45) is 5.92 Å². The predicted octanol–water partition coefficient (Wildman–Crippen LogP) is 1.60. The van der Waals surface area contributed by atoms with Gasteiger partial charge in [-0.05, 0) is 37.4 Å². The number of nitrogens with zero attached hydrogens (tertiary/aromatic N) is 1. The third kappa shape index (κ3) is 1.48. The van der Waals surface area contributed by atoms with E-state index >= 15 is 0 Å². The minimum Gasteiger partial charge on any atom is -0.272 e. The van der Waals surface area contributed by atoms with E-state index in [0.29, 0.717) is 16.7 Å². The van der Waals surface area contributed by atoms with Crippen LogP contribution in [0.3, 0.4) is 0 Å². The molecule has 0 aromatic carbocycles. The van der Waals surface area contributed by atoms with E-state index in [1.165, 1.54) is 6.42 Å². The minimum atomic E-state index is -0.107. The van der Waals surface area contributed by atoms with Gasteiger partial charge in [0, 0.05) is 6.04 Å². The smallest absolute Gasteiger partial charge is 0.272 e. The fraction of sp³-hybridized carbons (Fsp3) is 0.750. The molecule has 0 bridgehead atoms. The lowest BCUT2D eigenvalue weighted by molar-refractivity contribution is 0.477. The van der Waals surface area contributed by atoms with E-state index in [1.54, 1.807) is 4.57 Å². The van der Waals surface area contributed by atoms with Crippen molar-refractivity contribution in [2.45, 2.75) is 32.2 Å². The Labute approximate surface area is 81.0 Å². The second-order valence-corrected chi connectivity index (χ2v) is 4.19. The van der Waals surface area contributed by atoms with Crippen molar-refractivity contribution in [1.29, 1.82) is 0 Å². The van der Waals surface area contributed by atoms with Crippen molar-refractivity contribution < 1.29 is 0 Å². The van der Waals surface area contributed by atoms with Gasteiger partial charge in [0.1, 0.15) is 0 Å². The molecular formula is C8H13N3OS. The molecule has 1 aromatic heterocycles. The number of aromatic nitrogens is 3. The lowest BCUT2D eigenvalue weighted by Crippen LogP contribution is -2.20. The number of rotatable bonds is 1. The molecular weight excluding hydrogens is 186 g/mol. The van der Waals surface area contributed by atoms with E-state index in [9.17, 15) is 4.79 Å². The molecule has 2 rings (SSSR count). The van der Waals surface area contributed by atoms with Crippen LogP contribution in [0.2, 0.25) is 0 Å². The maximum absolute atomic E-state index is 11.3. The van der Waals surface area contributed by atoms with Gasteiger partial charge in [-0.15, -0.1) is 0 Å². The first-order valence-electron chi connectivity index (χ1n) is 4.57. The van der Waals surface area contributed by atoms with Crippen molar-refractivity contribution in [3.8, 4) is 0 Å². The fourth-order valence-electron chi connectivity index (χ4n) is 2.06. The van der Waals surface area contributed by atoms with Crippen LogP contribution in [0.4, 0.5) is 0 Å². The van der Waals surface area contributed by atoms with Crippen LogP contribution in [-0.4, -0.2) is 14.8 Å². The standard InChI is InChI=1S/C8H13N3OS/c1-5-2-3-6(4-5)11-7(12)9-10-8(11)13/h5-6H,2-4H2,1H3,(H,9,12)(H,10,13). The molecule has 2 unspecified atom stereocenters. The zero-order chi connectivity index (χ0) is 9.42. The highest BCUT2D eigenvalue weighted by Crippen LogP contribution is 2.32. The van der Waals surface area contributed by atoms with Crippen LogP contribution in [0.15, 0.2) is 4.79 Å². The van der Waals surface area contributed by atoms with Crippen LogP contribution in [0, 0.1) is 10.7 Å². The Hall–Kier alpha value is -0.840. The molecule has 2 atom stereocenters. The molecule has 1 aliphatic carbocycles. The van der Waals surface area contributed by atoms with Crippen molar-refractivity contribution in [3.05, 3.63) is 15.3 Å². The Morgan fingerprint density at radius 2 is 2.23 bits per heavy atom. The Kier molecular flexibility index (Phi) is 2.11. The summed E-state index contributed by atoms with van der Waals surface area (Å²) in [6.45, 7) is 2.21. The molecule has 1 heterocycles. The van der Waals surface area contributed by atoms with Gasteiger partial charge in [0.15, 0.2) is 4.77 Å². The van der Waals surface area contributed by atoms with E-state index in [4.69, 9.17) is 12.2 Å². The van der Waals surface area contributed by atoms with Crippen LogP contribution in [0.5, 0.6) is 0 Å². The molecule has 0 aliphatic heterocycles. The van der Waals surface area contributed by atoms with Crippen LogP contribution in [-0.2, 0) is 0 Å². The van der Waals surface area contributed by atoms with Gasteiger partial charge in [-0.1, -0.05) is 6.92 Å². The Bertz CT molecular complexity index is 375. The molecule has 13 heavy (non-hydrogen) atoms. The van der Waals surface area contributed by atoms with Crippen LogP contribution >= 0.6 is 12.2 Å². The van der Waals surface area contributed by atoms with Gasteiger partial charge >= 0.3 is 5.69 Å². The molecule has 1 fully saturated rings. The highest BCUT2D eigenvalue weighted by atomic mass is 32.1. The first-order valence-corrected chi connectivity index (χ1v) is 4.98. The van der Waals surface area contributed by atoms with Gasteiger partial charge in [-0.2, -0.15) is 0 Å². The van der Waals surface area contributed by atoms with E-state index in [-0.39, 0.29) is 5.69 Å². The van der Waals surface area contributed by atoms with Crippen molar-refractivity contribution in [2.75, 3.05) is 0 Å². The summed E-state index contributed by atoms with van der Waals surface area (Å²) in [6.07, 6.45) is 3.32. The van der Waals surface area contributed by atoms with Gasteiger partial charge in [0.25, 0.3) is 0 Å². The molecule has 72 valence electrons. The third-order valence-electron chi connectivity index (χ3n) is 2.75. The van der Waals surface area contributed by atoms with Crippen LogP contribution in [0.1, 0.15) is 32.2 Å². The predicted molar refractivity (Wildman–Crippen MR) is 52.3 cm³/mol. The van der Waals surface area contributed by atoms with Crippen molar-refractivity contribution in [3.63, 3.8) is 0 Å². The van der Waals surface area contributed by atoms with E-state index in [0.717, 1.165) is 12.8 Å². The molecule has 4 nitrogen and oxygen atoms in total. The molecule has 0 radical (unpaired) electrons. The lowest BCUT2D eigenvalue weighted by atomic mass is 10.1. The molecule has 5 heteroatoms. The van der Waals surface area contributed by atoms with E-state index in [2.05, 4.69) is 17.1 Å². The number of H-pyrrole nitrogens is 2. The van der Waals surface area contributed by atoms with Gasteiger partial charge in [-0.25, -0.2) is 9.89 Å². The van der Waals surface area contributed by atoms with E-state index in [1.807, 2.05) is 0 Å². The topological polar surface area (TPSA) is 53.6 Å². The van der Waals surface area contributed by atoms with Crippen LogP contribution in [0.25, 0.3) is 0 Å². The van der Waals surface area contributed by atoms with Crippen molar-refractivity contribution >= 4 is 12.2 Å². The maximum atomic E-state index is 11.3.